The molecule has 0 heterocycles. The first-order valence-electron chi connectivity index (χ1n) is 6.84. The first-order chi connectivity index (χ1) is 11.1. The number of ether oxygens (including phenoxy) is 1. The third-order valence-electron chi connectivity index (χ3n) is 2.95. The Labute approximate surface area is 133 Å². The Hall–Kier alpha value is -3.20. The van der Waals surface area contributed by atoms with Crippen LogP contribution in [0.3, 0.4) is 0 Å². The monoisotopic (exact) mass is 311 g/mol. The first-order valence-corrected chi connectivity index (χ1v) is 6.84. The van der Waals surface area contributed by atoms with Crippen molar-refractivity contribution in [3.05, 3.63) is 65.5 Å². The molecule has 6 heteroatoms. The number of benzene rings is 2. The molecule has 5 nitrogen and oxygen atoms in total. The van der Waals surface area contributed by atoms with Gasteiger partial charge < -0.3 is 4.74 Å². The molecular weight excluding hydrogens is 297 g/mol. The number of halogens is 1. The van der Waals surface area contributed by atoms with Crippen LogP contribution in [0.5, 0.6) is 5.75 Å². The van der Waals surface area contributed by atoms with Crippen LogP contribution < -0.4 is 10.2 Å². The highest BCUT2D eigenvalue weighted by atomic mass is 19.1. The topological polar surface area (TPSA) is 74.5 Å². The van der Waals surface area contributed by atoms with Gasteiger partial charge in [0.25, 0.3) is 5.91 Å². The van der Waals surface area contributed by atoms with Crippen LogP contribution in [0.2, 0.25) is 0 Å². The van der Waals surface area contributed by atoms with Crippen molar-refractivity contribution in [3.63, 3.8) is 0 Å². The standard InChI is InChI=1S/C17H14FN3O2/c1-12(23-15-8-6-13(10-19)7-9-15)17(22)21-20-11-14-4-2-3-5-16(14)18/h2-9,11-12H,1H3,(H,21,22)/b20-11-. The van der Waals surface area contributed by atoms with Crippen LogP contribution in [0, 0.1) is 17.1 Å². The predicted molar refractivity (Wildman–Crippen MR) is 83.4 cm³/mol. The quantitative estimate of drug-likeness (QED) is 0.681. The highest BCUT2D eigenvalue weighted by Gasteiger charge is 2.13. The van der Waals surface area contributed by atoms with E-state index in [0.717, 1.165) is 0 Å². The van der Waals surface area contributed by atoms with Gasteiger partial charge >= 0.3 is 0 Å². The molecule has 0 aliphatic carbocycles. The molecular formula is C17H14FN3O2. The third kappa shape index (κ3) is 4.64. The Balaban J connectivity index is 1.89. The van der Waals surface area contributed by atoms with Crippen molar-refractivity contribution in [2.45, 2.75) is 13.0 Å². The zero-order valence-corrected chi connectivity index (χ0v) is 12.4. The zero-order chi connectivity index (χ0) is 16.7. The summed E-state index contributed by atoms with van der Waals surface area (Å²) in [5.41, 5.74) is 3.06. The smallest absolute Gasteiger partial charge is 0.280 e. The molecule has 0 bridgehead atoms. The molecule has 2 aromatic rings. The Morgan fingerprint density at radius 1 is 1.30 bits per heavy atom. The second kappa shape index (κ2) is 7.71. The number of hydrogen-bond acceptors (Lipinski definition) is 4. The van der Waals surface area contributed by atoms with Gasteiger partial charge in [0.2, 0.25) is 0 Å². The number of carbonyl (C=O) groups excluding carboxylic acids is 1. The van der Waals surface area contributed by atoms with E-state index in [0.29, 0.717) is 11.3 Å². The van der Waals surface area contributed by atoms with Gasteiger partial charge in [-0.15, -0.1) is 0 Å². The number of hydrogen-bond donors (Lipinski definition) is 1. The number of rotatable bonds is 5. The fourth-order valence-electron chi connectivity index (χ4n) is 1.70. The maximum absolute atomic E-state index is 13.4. The summed E-state index contributed by atoms with van der Waals surface area (Å²) in [5, 5.41) is 12.4. The van der Waals surface area contributed by atoms with Crippen LogP contribution in [0.15, 0.2) is 53.6 Å². The Morgan fingerprint density at radius 2 is 2.00 bits per heavy atom. The summed E-state index contributed by atoms with van der Waals surface area (Å²) in [6.07, 6.45) is 0.433. The predicted octanol–water partition coefficient (Wildman–Crippen LogP) is 2.61. The van der Waals surface area contributed by atoms with Gasteiger partial charge in [-0.2, -0.15) is 10.4 Å². The van der Waals surface area contributed by atoms with E-state index < -0.39 is 17.8 Å². The zero-order valence-electron chi connectivity index (χ0n) is 12.4. The van der Waals surface area contributed by atoms with Gasteiger partial charge in [0.05, 0.1) is 17.8 Å². The third-order valence-corrected chi connectivity index (χ3v) is 2.95. The van der Waals surface area contributed by atoms with E-state index in [4.69, 9.17) is 10.00 Å². The summed E-state index contributed by atoms with van der Waals surface area (Å²) in [6.45, 7) is 1.56. The van der Waals surface area contributed by atoms with Gasteiger partial charge in [0, 0.05) is 5.56 Å². The lowest BCUT2D eigenvalue weighted by Gasteiger charge is -2.12. The van der Waals surface area contributed by atoms with E-state index in [-0.39, 0.29) is 5.56 Å². The number of carbonyl (C=O) groups is 1. The van der Waals surface area contributed by atoms with Crippen molar-refractivity contribution in [2.24, 2.45) is 5.10 Å². The molecule has 0 spiro atoms. The van der Waals surface area contributed by atoms with Gasteiger partial charge in [-0.1, -0.05) is 18.2 Å². The van der Waals surface area contributed by atoms with Gasteiger partial charge in [-0.25, -0.2) is 9.82 Å². The van der Waals surface area contributed by atoms with Gasteiger partial charge in [-0.05, 0) is 37.3 Å². The minimum atomic E-state index is -0.791. The molecule has 0 aliphatic rings. The minimum Gasteiger partial charge on any atom is -0.481 e. The van der Waals surface area contributed by atoms with Crippen molar-refractivity contribution in [1.82, 2.24) is 5.43 Å². The summed E-state index contributed by atoms with van der Waals surface area (Å²) in [6, 6.07) is 14.5. The van der Waals surface area contributed by atoms with Gasteiger partial charge in [0.1, 0.15) is 11.6 Å². The van der Waals surface area contributed by atoms with Gasteiger partial charge in [-0.3, -0.25) is 4.79 Å². The molecule has 1 amide bonds. The van der Waals surface area contributed by atoms with Crippen molar-refractivity contribution >= 4 is 12.1 Å². The second-order valence-corrected chi connectivity index (χ2v) is 4.65. The SMILES string of the molecule is CC(Oc1ccc(C#N)cc1)C(=O)N/N=C\c1ccccc1F. The molecule has 2 aromatic carbocycles. The minimum absolute atomic E-state index is 0.272. The molecule has 116 valence electrons. The van der Waals surface area contributed by atoms with Crippen LogP contribution >= 0.6 is 0 Å². The van der Waals surface area contributed by atoms with E-state index >= 15 is 0 Å². The van der Waals surface area contributed by atoms with Gasteiger partial charge in [0.15, 0.2) is 6.10 Å². The molecule has 1 N–H and O–H groups in total. The van der Waals surface area contributed by atoms with E-state index in [1.807, 2.05) is 6.07 Å². The Bertz CT molecular complexity index is 751. The molecule has 2 rings (SSSR count). The normalized spacial score (nSPS) is 11.7. The fourth-order valence-corrected chi connectivity index (χ4v) is 1.70. The van der Waals surface area contributed by atoms with Crippen molar-refractivity contribution < 1.29 is 13.9 Å². The lowest BCUT2D eigenvalue weighted by atomic mass is 10.2. The molecule has 0 saturated heterocycles. The number of nitrogens with one attached hydrogen (secondary N) is 1. The largest absolute Gasteiger partial charge is 0.481 e. The van der Waals surface area contributed by atoms with Crippen molar-refractivity contribution in [1.29, 1.82) is 5.26 Å². The summed E-state index contributed by atoms with van der Waals surface area (Å²) in [5.74, 6) is -0.431. The van der Waals surface area contributed by atoms with E-state index in [9.17, 15) is 9.18 Å². The lowest BCUT2D eigenvalue weighted by molar-refractivity contribution is -0.127. The number of nitrogens with zero attached hydrogens (tertiary/aromatic N) is 2. The molecule has 23 heavy (non-hydrogen) atoms. The number of nitriles is 1. The lowest BCUT2D eigenvalue weighted by Crippen LogP contribution is -2.33. The average Bonchev–Trinajstić information content (AvgIpc) is 2.57. The summed E-state index contributed by atoms with van der Waals surface area (Å²) < 4.78 is 18.8. The van der Waals surface area contributed by atoms with Crippen molar-refractivity contribution in [3.8, 4) is 11.8 Å². The number of hydrazone groups is 1. The second-order valence-electron chi connectivity index (χ2n) is 4.65. The molecule has 0 aliphatic heterocycles. The van der Waals surface area contributed by atoms with Crippen LogP contribution in [0.1, 0.15) is 18.1 Å². The maximum atomic E-state index is 13.4. The van der Waals surface area contributed by atoms with E-state index in [1.165, 1.54) is 12.3 Å². The molecule has 0 saturated carbocycles. The van der Waals surface area contributed by atoms with Crippen LogP contribution in [-0.4, -0.2) is 18.2 Å². The number of amides is 1. The van der Waals surface area contributed by atoms with Crippen molar-refractivity contribution in [2.75, 3.05) is 0 Å². The maximum Gasteiger partial charge on any atom is 0.280 e. The Morgan fingerprint density at radius 3 is 2.65 bits per heavy atom. The van der Waals surface area contributed by atoms with Crippen LogP contribution in [-0.2, 0) is 4.79 Å². The van der Waals surface area contributed by atoms with E-state index in [1.54, 1.807) is 49.4 Å². The molecule has 1 unspecified atom stereocenters. The fraction of sp³-hybridized carbons (Fsp3) is 0.118. The highest BCUT2D eigenvalue weighted by molar-refractivity contribution is 5.84. The molecule has 0 radical (unpaired) electrons. The molecule has 0 aromatic heterocycles. The summed E-state index contributed by atoms with van der Waals surface area (Å²) >= 11 is 0. The highest BCUT2D eigenvalue weighted by Crippen LogP contribution is 2.13. The average molecular weight is 311 g/mol. The Kier molecular flexibility index (Phi) is 5.42. The van der Waals surface area contributed by atoms with E-state index in [2.05, 4.69) is 10.5 Å². The molecule has 0 fully saturated rings. The van der Waals surface area contributed by atoms with Crippen LogP contribution in [0.25, 0.3) is 0 Å². The first kappa shape index (κ1) is 16.2. The summed E-state index contributed by atoms with van der Waals surface area (Å²) in [7, 11) is 0. The van der Waals surface area contributed by atoms with Crippen LogP contribution in [0.4, 0.5) is 4.39 Å². The summed E-state index contributed by atoms with van der Waals surface area (Å²) in [4.78, 5) is 11.8. The molecule has 1 atom stereocenters.